The van der Waals surface area contributed by atoms with Gasteiger partial charge in [0.1, 0.15) is 23.9 Å². The average molecular weight is 331 g/mol. The number of ether oxygens (including phenoxy) is 3. The zero-order valence-corrected chi connectivity index (χ0v) is 13.6. The Balaban J connectivity index is 1.50. The second-order valence-electron chi connectivity index (χ2n) is 5.58. The van der Waals surface area contributed by atoms with Crippen LogP contribution in [-0.4, -0.2) is 32.3 Å². The van der Waals surface area contributed by atoms with Gasteiger partial charge < -0.3 is 23.9 Å². The van der Waals surface area contributed by atoms with E-state index in [0.29, 0.717) is 18.1 Å². The lowest BCUT2D eigenvalue weighted by molar-refractivity contribution is 0.0832. The minimum Gasteiger partial charge on any atom is -0.497 e. The van der Waals surface area contributed by atoms with Crippen molar-refractivity contribution >= 4 is 5.91 Å². The molecule has 1 unspecified atom stereocenters. The van der Waals surface area contributed by atoms with Gasteiger partial charge in [0.2, 0.25) is 0 Å². The number of furan rings is 1. The van der Waals surface area contributed by atoms with Gasteiger partial charge in [-0.05, 0) is 37.1 Å². The van der Waals surface area contributed by atoms with Gasteiger partial charge in [-0.2, -0.15) is 0 Å². The van der Waals surface area contributed by atoms with Crippen LogP contribution in [0.2, 0.25) is 0 Å². The normalized spacial score (nSPS) is 16.8. The van der Waals surface area contributed by atoms with E-state index in [1.807, 2.05) is 18.2 Å². The van der Waals surface area contributed by atoms with Gasteiger partial charge in [-0.15, -0.1) is 0 Å². The molecule has 0 radical (unpaired) electrons. The van der Waals surface area contributed by atoms with Gasteiger partial charge in [0.15, 0.2) is 5.76 Å². The molecule has 0 spiro atoms. The topological polar surface area (TPSA) is 69.9 Å². The predicted molar refractivity (Wildman–Crippen MR) is 87.3 cm³/mol. The number of carbonyl (C=O) groups is 1. The fraction of sp³-hybridized carbons (Fsp3) is 0.389. The summed E-state index contributed by atoms with van der Waals surface area (Å²) in [5, 5.41) is 2.83. The summed E-state index contributed by atoms with van der Waals surface area (Å²) >= 11 is 0. The SMILES string of the molecule is COc1cccc(OCc2ccc(C(=O)NCC3CCCO3)o2)c1. The monoisotopic (exact) mass is 331 g/mol. The molecule has 1 aromatic heterocycles. The van der Waals surface area contributed by atoms with E-state index in [0.717, 1.165) is 25.2 Å². The van der Waals surface area contributed by atoms with Crippen LogP contribution < -0.4 is 14.8 Å². The largest absolute Gasteiger partial charge is 0.497 e. The molecule has 0 bridgehead atoms. The number of nitrogens with one attached hydrogen (secondary N) is 1. The van der Waals surface area contributed by atoms with Crippen LogP contribution in [0.25, 0.3) is 0 Å². The average Bonchev–Trinajstić information content (AvgIpc) is 3.30. The molecule has 1 atom stereocenters. The van der Waals surface area contributed by atoms with Gasteiger partial charge in [0.05, 0.1) is 13.2 Å². The molecule has 3 rings (SSSR count). The molecule has 0 aliphatic carbocycles. The summed E-state index contributed by atoms with van der Waals surface area (Å²) < 4.78 is 21.8. The van der Waals surface area contributed by atoms with Gasteiger partial charge in [-0.1, -0.05) is 6.07 Å². The minimum atomic E-state index is -0.238. The van der Waals surface area contributed by atoms with Crippen LogP contribution in [0.5, 0.6) is 11.5 Å². The standard InChI is InChI=1S/C18H21NO5/c1-21-13-4-2-5-14(10-13)23-12-16-7-8-17(24-16)18(20)19-11-15-6-3-9-22-15/h2,4-5,7-8,10,15H,3,6,9,11-12H2,1H3,(H,19,20). The number of rotatable bonds is 7. The first-order valence-corrected chi connectivity index (χ1v) is 8.00. The van der Waals surface area contributed by atoms with Crippen molar-refractivity contribution in [1.29, 1.82) is 0 Å². The first-order chi connectivity index (χ1) is 11.7. The third-order valence-corrected chi connectivity index (χ3v) is 3.82. The molecule has 1 aromatic carbocycles. The highest BCUT2D eigenvalue weighted by atomic mass is 16.5. The Labute approximate surface area is 140 Å². The molecule has 2 aromatic rings. The van der Waals surface area contributed by atoms with Crippen LogP contribution >= 0.6 is 0 Å². The Morgan fingerprint density at radius 3 is 2.96 bits per heavy atom. The van der Waals surface area contributed by atoms with Gasteiger partial charge in [-0.25, -0.2) is 0 Å². The molecular formula is C18H21NO5. The van der Waals surface area contributed by atoms with E-state index in [1.54, 1.807) is 25.3 Å². The smallest absolute Gasteiger partial charge is 0.287 e. The lowest BCUT2D eigenvalue weighted by Gasteiger charge is -2.09. The summed E-state index contributed by atoms with van der Waals surface area (Å²) in [6, 6.07) is 10.7. The molecule has 6 heteroatoms. The number of carbonyl (C=O) groups excluding carboxylic acids is 1. The number of amides is 1. The highest BCUT2D eigenvalue weighted by molar-refractivity contribution is 5.91. The maximum Gasteiger partial charge on any atom is 0.287 e. The molecule has 2 heterocycles. The van der Waals surface area contributed by atoms with Crippen LogP contribution in [0, 0.1) is 0 Å². The number of methoxy groups -OCH3 is 1. The molecule has 1 fully saturated rings. The van der Waals surface area contributed by atoms with E-state index < -0.39 is 0 Å². The molecule has 6 nitrogen and oxygen atoms in total. The molecule has 0 saturated carbocycles. The fourth-order valence-electron chi connectivity index (χ4n) is 2.52. The Bertz CT molecular complexity index is 676. The van der Waals surface area contributed by atoms with Crippen LogP contribution in [-0.2, 0) is 11.3 Å². The Kier molecular flexibility index (Phi) is 5.38. The summed E-state index contributed by atoms with van der Waals surface area (Å²) in [5.41, 5.74) is 0. The molecule has 128 valence electrons. The molecular weight excluding hydrogens is 310 g/mol. The summed E-state index contributed by atoms with van der Waals surface area (Å²) in [6.07, 6.45) is 2.14. The lowest BCUT2D eigenvalue weighted by Crippen LogP contribution is -2.31. The second-order valence-corrected chi connectivity index (χ2v) is 5.58. The maximum absolute atomic E-state index is 12.1. The molecule has 1 amide bonds. The van der Waals surface area contributed by atoms with Crippen molar-refractivity contribution in [2.75, 3.05) is 20.3 Å². The van der Waals surface area contributed by atoms with Crippen molar-refractivity contribution < 1.29 is 23.4 Å². The van der Waals surface area contributed by atoms with Gasteiger partial charge >= 0.3 is 0 Å². The van der Waals surface area contributed by atoms with Crippen LogP contribution in [0.15, 0.2) is 40.8 Å². The summed E-state index contributed by atoms with van der Waals surface area (Å²) in [4.78, 5) is 12.1. The van der Waals surface area contributed by atoms with E-state index in [-0.39, 0.29) is 24.4 Å². The van der Waals surface area contributed by atoms with Crippen molar-refractivity contribution in [1.82, 2.24) is 5.32 Å². The molecule has 1 aliphatic rings. The molecule has 1 saturated heterocycles. The van der Waals surface area contributed by atoms with Crippen molar-refractivity contribution in [3.8, 4) is 11.5 Å². The van der Waals surface area contributed by atoms with Crippen LogP contribution in [0.1, 0.15) is 29.2 Å². The van der Waals surface area contributed by atoms with E-state index in [4.69, 9.17) is 18.6 Å². The first kappa shape index (κ1) is 16.4. The zero-order valence-electron chi connectivity index (χ0n) is 13.6. The van der Waals surface area contributed by atoms with E-state index in [1.165, 1.54) is 0 Å². The summed E-state index contributed by atoms with van der Waals surface area (Å²) in [6.45, 7) is 1.52. The minimum absolute atomic E-state index is 0.111. The predicted octanol–water partition coefficient (Wildman–Crippen LogP) is 2.78. The third kappa shape index (κ3) is 4.29. The van der Waals surface area contributed by atoms with Crippen molar-refractivity contribution in [2.24, 2.45) is 0 Å². The van der Waals surface area contributed by atoms with Gasteiger partial charge in [-0.3, -0.25) is 4.79 Å². The second kappa shape index (κ2) is 7.88. The van der Waals surface area contributed by atoms with Crippen LogP contribution in [0.4, 0.5) is 0 Å². The molecule has 1 aliphatic heterocycles. The Hall–Kier alpha value is -2.47. The third-order valence-electron chi connectivity index (χ3n) is 3.82. The molecule has 1 N–H and O–H groups in total. The first-order valence-electron chi connectivity index (χ1n) is 8.00. The quantitative estimate of drug-likeness (QED) is 0.845. The number of hydrogen-bond donors (Lipinski definition) is 1. The number of benzene rings is 1. The lowest BCUT2D eigenvalue weighted by atomic mass is 10.2. The summed E-state index contributed by atoms with van der Waals surface area (Å²) in [5.74, 6) is 2.02. The Morgan fingerprint density at radius 1 is 1.29 bits per heavy atom. The maximum atomic E-state index is 12.1. The van der Waals surface area contributed by atoms with E-state index in [9.17, 15) is 4.79 Å². The van der Waals surface area contributed by atoms with E-state index >= 15 is 0 Å². The van der Waals surface area contributed by atoms with Crippen molar-refractivity contribution in [2.45, 2.75) is 25.6 Å². The van der Waals surface area contributed by atoms with Gasteiger partial charge in [0.25, 0.3) is 5.91 Å². The Morgan fingerprint density at radius 2 is 2.17 bits per heavy atom. The van der Waals surface area contributed by atoms with Gasteiger partial charge in [0, 0.05) is 19.2 Å². The fourth-order valence-corrected chi connectivity index (χ4v) is 2.52. The summed E-state index contributed by atoms with van der Waals surface area (Å²) in [7, 11) is 1.60. The van der Waals surface area contributed by atoms with Crippen LogP contribution in [0.3, 0.4) is 0 Å². The van der Waals surface area contributed by atoms with Crippen molar-refractivity contribution in [3.63, 3.8) is 0 Å². The number of hydrogen-bond acceptors (Lipinski definition) is 5. The van der Waals surface area contributed by atoms with Crippen molar-refractivity contribution in [3.05, 3.63) is 47.9 Å². The van der Waals surface area contributed by atoms with E-state index in [2.05, 4.69) is 5.32 Å². The highest BCUT2D eigenvalue weighted by Crippen LogP contribution is 2.20. The molecule has 24 heavy (non-hydrogen) atoms. The zero-order chi connectivity index (χ0) is 16.8. The highest BCUT2D eigenvalue weighted by Gasteiger charge is 2.18.